The van der Waals surface area contributed by atoms with E-state index in [2.05, 4.69) is 20.3 Å². The Morgan fingerprint density at radius 1 is 1.29 bits per heavy atom. The Hall–Kier alpha value is -2.38. The number of fused-ring (bicyclic) bond motifs is 1. The minimum absolute atomic E-state index is 0.237. The quantitative estimate of drug-likeness (QED) is 0.568. The highest BCUT2D eigenvalue weighted by Gasteiger charge is 2.11. The van der Waals surface area contributed by atoms with Crippen LogP contribution >= 0.6 is 11.6 Å². The SMILES string of the molecule is NCCCCNc1ncc2[nH]c(=O)n(Cc3ccccc3Cl)c2n1. The number of rotatable bonds is 7. The van der Waals surface area contributed by atoms with Gasteiger partial charge in [-0.1, -0.05) is 29.8 Å². The predicted molar refractivity (Wildman–Crippen MR) is 95.5 cm³/mol. The van der Waals surface area contributed by atoms with E-state index in [1.54, 1.807) is 16.8 Å². The highest BCUT2D eigenvalue weighted by atomic mass is 35.5. The normalized spacial score (nSPS) is 11.1. The molecule has 3 aromatic rings. The fraction of sp³-hybridized carbons (Fsp3) is 0.312. The van der Waals surface area contributed by atoms with Crippen LogP contribution in [0.15, 0.2) is 35.3 Å². The zero-order valence-electron chi connectivity index (χ0n) is 13.1. The minimum Gasteiger partial charge on any atom is -0.354 e. The summed E-state index contributed by atoms with van der Waals surface area (Å²) in [6.45, 7) is 1.75. The molecule has 2 aromatic heterocycles. The number of imidazole rings is 1. The molecule has 0 radical (unpaired) electrons. The lowest BCUT2D eigenvalue weighted by Gasteiger charge is -2.07. The number of nitrogens with zero attached hydrogens (tertiary/aromatic N) is 3. The topological polar surface area (TPSA) is 102 Å². The summed E-state index contributed by atoms with van der Waals surface area (Å²) < 4.78 is 1.56. The van der Waals surface area contributed by atoms with Crippen LogP contribution in [0.1, 0.15) is 18.4 Å². The number of benzene rings is 1. The molecule has 8 heteroatoms. The second-order valence-corrected chi connectivity index (χ2v) is 5.87. The molecule has 0 aliphatic heterocycles. The third kappa shape index (κ3) is 3.58. The van der Waals surface area contributed by atoms with Gasteiger partial charge in [-0.25, -0.2) is 9.78 Å². The predicted octanol–water partition coefficient (Wildman–Crippen LogP) is 1.97. The summed E-state index contributed by atoms with van der Waals surface area (Å²) in [6.07, 6.45) is 3.49. The number of H-pyrrole nitrogens is 1. The number of anilines is 1. The molecule has 4 N–H and O–H groups in total. The van der Waals surface area contributed by atoms with Gasteiger partial charge in [0, 0.05) is 11.6 Å². The molecule has 7 nitrogen and oxygen atoms in total. The van der Waals surface area contributed by atoms with Crippen molar-refractivity contribution in [3.63, 3.8) is 0 Å². The van der Waals surface area contributed by atoms with E-state index >= 15 is 0 Å². The molecule has 0 atom stereocenters. The van der Waals surface area contributed by atoms with Crippen LogP contribution in [-0.2, 0) is 6.54 Å². The maximum Gasteiger partial charge on any atom is 0.328 e. The summed E-state index contributed by atoms with van der Waals surface area (Å²) in [5, 5.41) is 3.77. The summed E-state index contributed by atoms with van der Waals surface area (Å²) in [5.41, 5.74) is 7.25. The molecule has 0 unspecified atom stereocenters. The molecular weight excluding hydrogens is 328 g/mol. The molecule has 0 bridgehead atoms. The molecule has 0 saturated heterocycles. The van der Waals surface area contributed by atoms with E-state index in [1.165, 1.54) is 0 Å². The maximum atomic E-state index is 12.2. The van der Waals surface area contributed by atoms with Gasteiger partial charge in [0.2, 0.25) is 5.95 Å². The molecule has 0 fully saturated rings. The fourth-order valence-electron chi connectivity index (χ4n) is 2.44. The van der Waals surface area contributed by atoms with Crippen LogP contribution in [0.2, 0.25) is 5.02 Å². The van der Waals surface area contributed by atoms with Crippen LogP contribution in [-0.4, -0.2) is 32.6 Å². The zero-order chi connectivity index (χ0) is 16.9. The summed E-state index contributed by atoms with van der Waals surface area (Å²) in [4.78, 5) is 23.7. The van der Waals surface area contributed by atoms with Crippen molar-refractivity contribution in [2.24, 2.45) is 5.73 Å². The number of hydrogen-bond acceptors (Lipinski definition) is 5. The highest BCUT2D eigenvalue weighted by molar-refractivity contribution is 6.31. The number of halogens is 1. The molecule has 126 valence electrons. The summed E-state index contributed by atoms with van der Waals surface area (Å²) in [6, 6.07) is 7.44. The van der Waals surface area contributed by atoms with Crippen LogP contribution in [0.25, 0.3) is 11.2 Å². The van der Waals surface area contributed by atoms with E-state index in [4.69, 9.17) is 17.3 Å². The van der Waals surface area contributed by atoms with E-state index in [9.17, 15) is 4.79 Å². The first kappa shape index (κ1) is 16.5. The first-order valence-corrected chi connectivity index (χ1v) is 8.19. The number of unbranched alkanes of at least 4 members (excludes halogenated alkanes) is 1. The number of aromatic nitrogens is 4. The second-order valence-electron chi connectivity index (χ2n) is 5.46. The molecule has 0 amide bonds. The minimum atomic E-state index is -0.237. The van der Waals surface area contributed by atoms with Crippen LogP contribution < -0.4 is 16.7 Å². The van der Waals surface area contributed by atoms with Crippen molar-refractivity contribution >= 4 is 28.7 Å². The summed E-state index contributed by atoms with van der Waals surface area (Å²) >= 11 is 6.19. The van der Waals surface area contributed by atoms with Gasteiger partial charge in [-0.15, -0.1) is 0 Å². The Morgan fingerprint density at radius 3 is 2.92 bits per heavy atom. The van der Waals surface area contributed by atoms with Crippen LogP contribution in [0.3, 0.4) is 0 Å². The van der Waals surface area contributed by atoms with Gasteiger partial charge in [-0.2, -0.15) is 4.98 Å². The van der Waals surface area contributed by atoms with Crippen molar-refractivity contribution in [3.8, 4) is 0 Å². The lowest BCUT2D eigenvalue weighted by atomic mass is 10.2. The Bertz CT molecular complexity index is 888. The zero-order valence-corrected chi connectivity index (χ0v) is 13.9. The molecule has 24 heavy (non-hydrogen) atoms. The number of hydrogen-bond donors (Lipinski definition) is 3. The summed E-state index contributed by atoms with van der Waals surface area (Å²) in [5.74, 6) is 0.492. The van der Waals surface area contributed by atoms with E-state index in [1.807, 2.05) is 18.2 Å². The third-order valence-electron chi connectivity index (χ3n) is 3.71. The highest BCUT2D eigenvalue weighted by Crippen LogP contribution is 2.17. The van der Waals surface area contributed by atoms with Gasteiger partial charge in [-0.05, 0) is 31.0 Å². The van der Waals surface area contributed by atoms with Gasteiger partial charge in [0.25, 0.3) is 0 Å². The van der Waals surface area contributed by atoms with Gasteiger partial charge in [0.15, 0.2) is 5.65 Å². The van der Waals surface area contributed by atoms with Crippen molar-refractivity contribution < 1.29 is 0 Å². The lowest BCUT2D eigenvalue weighted by molar-refractivity contribution is 0.765. The van der Waals surface area contributed by atoms with Gasteiger partial charge < -0.3 is 16.0 Å². The summed E-state index contributed by atoms with van der Waals surface area (Å²) in [7, 11) is 0. The van der Waals surface area contributed by atoms with E-state index < -0.39 is 0 Å². The first-order valence-electron chi connectivity index (χ1n) is 7.82. The smallest absolute Gasteiger partial charge is 0.328 e. The maximum absolute atomic E-state index is 12.2. The van der Waals surface area contributed by atoms with Crippen LogP contribution in [0.5, 0.6) is 0 Å². The van der Waals surface area contributed by atoms with Crippen molar-refractivity contribution in [1.29, 1.82) is 0 Å². The molecule has 0 aliphatic carbocycles. The number of nitrogens with two attached hydrogens (primary N) is 1. The first-order chi connectivity index (χ1) is 11.7. The Balaban J connectivity index is 1.88. The van der Waals surface area contributed by atoms with Gasteiger partial charge in [0.1, 0.15) is 5.52 Å². The van der Waals surface area contributed by atoms with Crippen molar-refractivity contribution in [3.05, 3.63) is 51.5 Å². The van der Waals surface area contributed by atoms with E-state index in [0.29, 0.717) is 35.2 Å². The standard InChI is InChI=1S/C16H19ClN6O/c17-12-6-2-1-5-11(12)10-23-14-13(21-16(23)24)9-20-15(22-14)19-8-4-3-7-18/h1-2,5-6,9H,3-4,7-8,10,18H2,(H,21,24)(H,19,20,22). The number of nitrogens with one attached hydrogen (secondary N) is 2. The van der Waals surface area contributed by atoms with Crippen molar-refractivity contribution in [2.45, 2.75) is 19.4 Å². The van der Waals surface area contributed by atoms with E-state index in [0.717, 1.165) is 24.9 Å². The molecule has 1 aromatic carbocycles. The third-order valence-corrected chi connectivity index (χ3v) is 4.08. The Kier molecular flexibility index (Phi) is 5.12. The Labute approximate surface area is 143 Å². The molecule has 0 saturated carbocycles. The molecule has 3 rings (SSSR count). The fourth-order valence-corrected chi connectivity index (χ4v) is 2.64. The van der Waals surface area contributed by atoms with Gasteiger partial charge >= 0.3 is 5.69 Å². The second kappa shape index (κ2) is 7.46. The lowest BCUT2D eigenvalue weighted by Crippen LogP contribution is -2.18. The van der Waals surface area contributed by atoms with Gasteiger partial charge in [-0.3, -0.25) is 4.57 Å². The molecule has 0 spiro atoms. The number of aromatic amines is 1. The average molecular weight is 347 g/mol. The molecular formula is C16H19ClN6O. The van der Waals surface area contributed by atoms with Crippen LogP contribution in [0.4, 0.5) is 5.95 Å². The Morgan fingerprint density at radius 2 is 2.12 bits per heavy atom. The average Bonchev–Trinajstić information content (AvgIpc) is 2.89. The van der Waals surface area contributed by atoms with Crippen LogP contribution in [0, 0.1) is 0 Å². The van der Waals surface area contributed by atoms with Crippen molar-refractivity contribution in [2.75, 3.05) is 18.4 Å². The molecule has 2 heterocycles. The van der Waals surface area contributed by atoms with Crippen molar-refractivity contribution in [1.82, 2.24) is 19.5 Å². The monoisotopic (exact) mass is 346 g/mol. The molecule has 0 aliphatic rings. The largest absolute Gasteiger partial charge is 0.354 e. The van der Waals surface area contributed by atoms with Gasteiger partial charge in [0.05, 0.1) is 12.7 Å². The van der Waals surface area contributed by atoms with E-state index in [-0.39, 0.29) is 5.69 Å².